The van der Waals surface area contributed by atoms with Crippen molar-refractivity contribution in [2.24, 2.45) is 0 Å². The summed E-state index contributed by atoms with van der Waals surface area (Å²) >= 11 is 0. The number of H-pyrrole nitrogens is 2. The number of hydrogen-bond donors (Lipinski definition) is 3. The second-order valence-electron chi connectivity index (χ2n) is 3.19. The molecule has 0 aliphatic carbocycles. The Balaban J connectivity index is 2.39. The van der Waals surface area contributed by atoms with Gasteiger partial charge in [0.2, 0.25) is 0 Å². The fourth-order valence-electron chi connectivity index (χ4n) is 1.63. The average Bonchev–Trinajstić information content (AvgIpc) is 2.53. The van der Waals surface area contributed by atoms with E-state index in [2.05, 4.69) is 15.3 Å². The summed E-state index contributed by atoms with van der Waals surface area (Å²) in [5.41, 5.74) is -0.0881. The van der Waals surface area contributed by atoms with Gasteiger partial charge in [0.1, 0.15) is 0 Å². The van der Waals surface area contributed by atoms with Crippen molar-refractivity contribution < 1.29 is 0 Å². The minimum absolute atomic E-state index is 0.134. The Labute approximate surface area is 74.2 Å². The molecule has 1 aliphatic heterocycles. The van der Waals surface area contributed by atoms with Gasteiger partial charge in [-0.15, -0.1) is 0 Å². The first-order valence-corrected chi connectivity index (χ1v) is 4.32. The zero-order valence-electron chi connectivity index (χ0n) is 7.09. The van der Waals surface area contributed by atoms with Crippen molar-refractivity contribution >= 4 is 0 Å². The van der Waals surface area contributed by atoms with Gasteiger partial charge in [0.15, 0.2) is 0 Å². The fraction of sp³-hybridized carbons (Fsp3) is 0.500. The van der Waals surface area contributed by atoms with Gasteiger partial charge < -0.3 is 10.3 Å². The Morgan fingerprint density at radius 3 is 2.77 bits per heavy atom. The Morgan fingerprint density at radius 1 is 1.31 bits per heavy atom. The Kier molecular flexibility index (Phi) is 2.02. The molecular formula is C8H11N3O2. The first-order chi connectivity index (χ1) is 6.25. The first-order valence-electron chi connectivity index (χ1n) is 4.32. The summed E-state index contributed by atoms with van der Waals surface area (Å²) in [7, 11) is 0. The standard InChI is InChI=1S/C8H11N3O2/c12-7-4-6(10-8(13)11-7)5-2-1-3-9-5/h4-5,9H,1-3H2,(H2,10,11,12,13)/t5-/m0/s1. The predicted molar refractivity (Wildman–Crippen MR) is 47.7 cm³/mol. The van der Waals surface area contributed by atoms with Crippen LogP contribution in [0, 0.1) is 0 Å². The van der Waals surface area contributed by atoms with Gasteiger partial charge >= 0.3 is 5.69 Å². The number of rotatable bonds is 1. The van der Waals surface area contributed by atoms with Gasteiger partial charge in [0.25, 0.3) is 5.56 Å². The first kappa shape index (κ1) is 8.25. The highest BCUT2D eigenvalue weighted by Crippen LogP contribution is 2.18. The van der Waals surface area contributed by atoms with Crippen LogP contribution in [0.2, 0.25) is 0 Å². The smallest absolute Gasteiger partial charge is 0.310 e. The van der Waals surface area contributed by atoms with Crippen LogP contribution in [0.15, 0.2) is 15.7 Å². The highest BCUT2D eigenvalue weighted by atomic mass is 16.2. The van der Waals surface area contributed by atoms with Gasteiger partial charge in [-0.25, -0.2) is 4.79 Å². The summed E-state index contributed by atoms with van der Waals surface area (Å²) in [6.07, 6.45) is 2.05. The third-order valence-electron chi connectivity index (χ3n) is 2.22. The molecule has 1 atom stereocenters. The third kappa shape index (κ3) is 1.70. The van der Waals surface area contributed by atoms with Crippen LogP contribution >= 0.6 is 0 Å². The van der Waals surface area contributed by atoms with E-state index in [0.717, 1.165) is 19.4 Å². The Bertz CT molecular complexity index is 372. The zero-order chi connectivity index (χ0) is 9.26. The summed E-state index contributed by atoms with van der Waals surface area (Å²) in [4.78, 5) is 26.6. The molecule has 3 N–H and O–H groups in total. The molecular weight excluding hydrogens is 170 g/mol. The van der Waals surface area contributed by atoms with Crippen molar-refractivity contribution in [2.45, 2.75) is 18.9 Å². The normalized spacial score (nSPS) is 22.0. The summed E-state index contributed by atoms with van der Waals surface area (Å²) in [5, 5.41) is 3.20. The van der Waals surface area contributed by atoms with Crippen molar-refractivity contribution in [3.05, 3.63) is 32.6 Å². The van der Waals surface area contributed by atoms with Gasteiger partial charge in [-0.3, -0.25) is 9.78 Å². The summed E-state index contributed by atoms with van der Waals surface area (Å²) in [5.74, 6) is 0. The van der Waals surface area contributed by atoms with Gasteiger partial charge in [0, 0.05) is 17.8 Å². The topological polar surface area (TPSA) is 77.8 Å². The van der Waals surface area contributed by atoms with E-state index in [4.69, 9.17) is 0 Å². The summed E-state index contributed by atoms with van der Waals surface area (Å²) in [6.45, 7) is 0.944. The third-order valence-corrected chi connectivity index (χ3v) is 2.22. The van der Waals surface area contributed by atoms with E-state index in [-0.39, 0.29) is 11.6 Å². The maximum Gasteiger partial charge on any atom is 0.325 e. The monoisotopic (exact) mass is 181 g/mol. The molecule has 0 radical (unpaired) electrons. The molecule has 13 heavy (non-hydrogen) atoms. The van der Waals surface area contributed by atoms with Gasteiger partial charge in [0.05, 0.1) is 0 Å². The Morgan fingerprint density at radius 2 is 2.15 bits per heavy atom. The lowest BCUT2D eigenvalue weighted by atomic mass is 10.1. The molecule has 1 fully saturated rings. The lowest BCUT2D eigenvalue weighted by molar-refractivity contribution is 0.620. The van der Waals surface area contributed by atoms with Crippen molar-refractivity contribution in [3.63, 3.8) is 0 Å². The van der Waals surface area contributed by atoms with Crippen LogP contribution < -0.4 is 16.6 Å². The highest BCUT2D eigenvalue weighted by molar-refractivity contribution is 5.06. The summed E-state index contributed by atoms with van der Waals surface area (Å²) < 4.78 is 0. The molecule has 1 aromatic rings. The summed E-state index contributed by atoms with van der Waals surface area (Å²) in [6, 6.07) is 1.57. The van der Waals surface area contributed by atoms with Crippen LogP contribution in [-0.2, 0) is 0 Å². The van der Waals surface area contributed by atoms with Crippen molar-refractivity contribution in [3.8, 4) is 0 Å². The molecule has 2 heterocycles. The molecule has 5 heteroatoms. The lowest BCUT2D eigenvalue weighted by Gasteiger charge is -2.08. The molecule has 5 nitrogen and oxygen atoms in total. The maximum absolute atomic E-state index is 11.0. The minimum Gasteiger partial charge on any atom is -0.310 e. The molecule has 2 rings (SSSR count). The fourth-order valence-corrected chi connectivity index (χ4v) is 1.63. The number of hydrogen-bond acceptors (Lipinski definition) is 3. The van der Waals surface area contributed by atoms with E-state index in [1.165, 1.54) is 6.07 Å². The minimum atomic E-state index is -0.434. The van der Waals surface area contributed by atoms with Crippen molar-refractivity contribution in [1.82, 2.24) is 15.3 Å². The molecule has 1 aromatic heterocycles. The van der Waals surface area contributed by atoms with Crippen molar-refractivity contribution in [1.29, 1.82) is 0 Å². The molecule has 0 saturated carbocycles. The van der Waals surface area contributed by atoms with E-state index in [0.29, 0.717) is 5.69 Å². The van der Waals surface area contributed by atoms with E-state index in [1.807, 2.05) is 0 Å². The molecule has 0 amide bonds. The van der Waals surface area contributed by atoms with E-state index in [9.17, 15) is 9.59 Å². The van der Waals surface area contributed by atoms with E-state index >= 15 is 0 Å². The molecule has 0 aromatic carbocycles. The number of aromatic amines is 2. The lowest BCUT2D eigenvalue weighted by Crippen LogP contribution is -2.26. The molecule has 0 unspecified atom stereocenters. The van der Waals surface area contributed by atoms with Crippen LogP contribution in [0.3, 0.4) is 0 Å². The molecule has 0 bridgehead atoms. The van der Waals surface area contributed by atoms with Crippen LogP contribution in [0.4, 0.5) is 0 Å². The predicted octanol–water partition coefficient (Wildman–Crippen LogP) is -0.512. The van der Waals surface area contributed by atoms with Crippen LogP contribution in [0.5, 0.6) is 0 Å². The Hall–Kier alpha value is -1.36. The number of aromatic nitrogens is 2. The van der Waals surface area contributed by atoms with Gasteiger partial charge in [-0.1, -0.05) is 0 Å². The van der Waals surface area contributed by atoms with Gasteiger partial charge in [-0.05, 0) is 19.4 Å². The molecule has 1 aliphatic rings. The van der Waals surface area contributed by atoms with Crippen LogP contribution in [-0.4, -0.2) is 16.5 Å². The maximum atomic E-state index is 11.0. The van der Waals surface area contributed by atoms with Crippen molar-refractivity contribution in [2.75, 3.05) is 6.54 Å². The SMILES string of the molecule is O=c1cc([C@@H]2CCCN2)[nH]c(=O)[nH]1. The van der Waals surface area contributed by atoms with E-state index < -0.39 is 5.69 Å². The van der Waals surface area contributed by atoms with E-state index in [1.54, 1.807) is 0 Å². The second-order valence-corrected chi connectivity index (χ2v) is 3.19. The zero-order valence-corrected chi connectivity index (χ0v) is 7.09. The highest BCUT2D eigenvalue weighted by Gasteiger charge is 2.17. The molecule has 70 valence electrons. The van der Waals surface area contributed by atoms with Crippen LogP contribution in [0.25, 0.3) is 0 Å². The number of nitrogens with one attached hydrogen (secondary N) is 3. The average molecular weight is 181 g/mol. The molecule has 1 saturated heterocycles. The van der Waals surface area contributed by atoms with Crippen LogP contribution in [0.1, 0.15) is 24.6 Å². The second kappa shape index (κ2) is 3.18. The largest absolute Gasteiger partial charge is 0.325 e. The van der Waals surface area contributed by atoms with Gasteiger partial charge in [-0.2, -0.15) is 0 Å². The molecule has 0 spiro atoms. The quantitative estimate of drug-likeness (QED) is 0.546.